The predicted octanol–water partition coefficient (Wildman–Crippen LogP) is 1.67. The van der Waals surface area contributed by atoms with Crippen molar-refractivity contribution < 1.29 is 19.1 Å². The highest BCUT2D eigenvalue weighted by Gasteiger charge is 2.44. The summed E-state index contributed by atoms with van der Waals surface area (Å²) in [5, 5.41) is 2.31. The van der Waals surface area contributed by atoms with Gasteiger partial charge in [-0.25, -0.2) is 0 Å². The Bertz CT molecular complexity index is 780. The third-order valence-electron chi connectivity index (χ3n) is 6.48. The summed E-state index contributed by atoms with van der Waals surface area (Å²) in [7, 11) is 0. The first-order valence-electron chi connectivity index (χ1n) is 10.5. The molecule has 3 fully saturated rings. The van der Waals surface area contributed by atoms with E-state index in [9.17, 15) is 14.4 Å². The monoisotopic (exact) mass is 399 g/mol. The van der Waals surface area contributed by atoms with Crippen molar-refractivity contribution in [2.75, 3.05) is 44.3 Å². The van der Waals surface area contributed by atoms with Crippen LogP contribution in [0, 0.1) is 5.41 Å². The molecule has 3 aliphatic rings. The number of hydrogen-bond acceptors (Lipinski definition) is 5. The lowest BCUT2D eigenvalue weighted by molar-refractivity contribution is -0.139. The molecule has 7 heteroatoms. The highest BCUT2D eigenvalue weighted by atomic mass is 16.5. The lowest BCUT2D eigenvalue weighted by atomic mass is 9.83. The van der Waals surface area contributed by atoms with E-state index in [4.69, 9.17) is 4.74 Å². The zero-order valence-electron chi connectivity index (χ0n) is 17.0. The first-order chi connectivity index (χ1) is 13.9. The molecule has 1 aromatic rings. The molecule has 1 N–H and O–H groups in total. The lowest BCUT2D eigenvalue weighted by Crippen LogP contribution is -2.41. The summed E-state index contributed by atoms with van der Waals surface area (Å²) in [4.78, 5) is 40.4. The number of anilines is 1. The maximum Gasteiger partial charge on any atom is 0.233 e. The average molecular weight is 399 g/mol. The number of nitrogens with one attached hydrogen (secondary N) is 1. The standard InChI is InChI=1S/C22H29N3O4/c1-22(14-19(26)23-21(22)28)15-20(27)25-8-6-17(7-9-25)16-2-4-18(5-3-16)24-10-12-29-13-11-24/h2-5,17H,6-15H2,1H3,(H,23,26,28). The summed E-state index contributed by atoms with van der Waals surface area (Å²) < 4.78 is 5.42. The van der Waals surface area contributed by atoms with Gasteiger partial charge >= 0.3 is 0 Å². The molecule has 29 heavy (non-hydrogen) atoms. The van der Waals surface area contributed by atoms with Gasteiger partial charge in [0.25, 0.3) is 0 Å². The molecule has 1 atom stereocenters. The zero-order valence-corrected chi connectivity index (χ0v) is 17.0. The second-order valence-electron chi connectivity index (χ2n) is 8.64. The molecular weight excluding hydrogens is 370 g/mol. The SMILES string of the molecule is CC1(CC(=O)N2CCC(c3ccc(N4CCOCC4)cc3)CC2)CC(=O)NC1=O. The molecule has 1 aromatic carbocycles. The number of carbonyl (C=O) groups is 3. The van der Waals surface area contributed by atoms with Gasteiger partial charge in [-0.05, 0) is 43.4 Å². The summed E-state index contributed by atoms with van der Waals surface area (Å²) in [6, 6.07) is 8.80. The summed E-state index contributed by atoms with van der Waals surface area (Å²) >= 11 is 0. The van der Waals surface area contributed by atoms with Gasteiger partial charge in [-0.1, -0.05) is 12.1 Å². The molecule has 0 aromatic heterocycles. The minimum absolute atomic E-state index is 0.0292. The van der Waals surface area contributed by atoms with Gasteiger partial charge in [0, 0.05) is 44.7 Å². The van der Waals surface area contributed by atoms with Crippen LogP contribution in [0.4, 0.5) is 5.69 Å². The van der Waals surface area contributed by atoms with Crippen LogP contribution in [0.15, 0.2) is 24.3 Å². The van der Waals surface area contributed by atoms with E-state index < -0.39 is 5.41 Å². The van der Waals surface area contributed by atoms with E-state index in [0.29, 0.717) is 19.0 Å². The second-order valence-corrected chi connectivity index (χ2v) is 8.64. The fourth-order valence-electron chi connectivity index (χ4n) is 4.59. The Hall–Kier alpha value is -2.41. The molecule has 0 saturated carbocycles. The van der Waals surface area contributed by atoms with E-state index in [-0.39, 0.29) is 30.6 Å². The molecule has 4 rings (SSSR count). The Morgan fingerprint density at radius 2 is 1.76 bits per heavy atom. The van der Waals surface area contributed by atoms with Gasteiger partial charge in [0.05, 0.1) is 18.6 Å². The molecule has 3 amide bonds. The van der Waals surface area contributed by atoms with Gasteiger partial charge in [0.2, 0.25) is 17.7 Å². The number of carbonyl (C=O) groups excluding carboxylic acids is 3. The Morgan fingerprint density at radius 3 is 2.34 bits per heavy atom. The number of ether oxygens (including phenoxy) is 1. The third-order valence-corrected chi connectivity index (χ3v) is 6.48. The van der Waals surface area contributed by atoms with E-state index in [1.54, 1.807) is 6.92 Å². The van der Waals surface area contributed by atoms with Crippen LogP contribution < -0.4 is 10.2 Å². The first-order valence-corrected chi connectivity index (χ1v) is 10.5. The highest BCUT2D eigenvalue weighted by Crippen LogP contribution is 2.34. The molecule has 1 unspecified atom stereocenters. The first kappa shape index (κ1) is 19.9. The van der Waals surface area contributed by atoms with Crippen molar-refractivity contribution in [3.8, 4) is 0 Å². The van der Waals surface area contributed by atoms with E-state index in [1.807, 2.05) is 4.90 Å². The van der Waals surface area contributed by atoms with Gasteiger partial charge in [-0.15, -0.1) is 0 Å². The van der Waals surface area contributed by atoms with Crippen molar-refractivity contribution in [1.29, 1.82) is 0 Å². The van der Waals surface area contributed by atoms with Crippen LogP contribution in [0.25, 0.3) is 0 Å². The molecule has 156 valence electrons. The van der Waals surface area contributed by atoms with Gasteiger partial charge < -0.3 is 14.5 Å². The smallest absolute Gasteiger partial charge is 0.233 e. The molecule has 3 heterocycles. The van der Waals surface area contributed by atoms with Crippen LogP contribution in [-0.4, -0.2) is 62.0 Å². The molecule has 7 nitrogen and oxygen atoms in total. The molecule has 3 aliphatic heterocycles. The second kappa shape index (κ2) is 8.14. The fourth-order valence-corrected chi connectivity index (χ4v) is 4.59. The number of benzene rings is 1. The Kier molecular flexibility index (Phi) is 5.58. The number of hydrogen-bond donors (Lipinski definition) is 1. The summed E-state index contributed by atoms with van der Waals surface area (Å²) in [5.41, 5.74) is 1.66. The highest BCUT2D eigenvalue weighted by molar-refractivity contribution is 6.07. The number of amides is 3. The van der Waals surface area contributed by atoms with Crippen molar-refractivity contribution in [3.63, 3.8) is 0 Å². The van der Waals surface area contributed by atoms with Gasteiger partial charge in [0.1, 0.15) is 0 Å². The molecule has 0 radical (unpaired) electrons. The number of piperidine rings is 1. The molecule has 0 bridgehead atoms. The normalized spacial score (nSPS) is 26.0. The van der Waals surface area contributed by atoms with Crippen molar-refractivity contribution in [2.24, 2.45) is 5.41 Å². The number of morpholine rings is 1. The summed E-state index contributed by atoms with van der Waals surface area (Å²) in [6.07, 6.45) is 2.04. The fraction of sp³-hybridized carbons (Fsp3) is 0.591. The molecule has 0 spiro atoms. The van der Waals surface area contributed by atoms with Crippen LogP contribution in [0.2, 0.25) is 0 Å². The Balaban J connectivity index is 1.30. The minimum Gasteiger partial charge on any atom is -0.378 e. The molecule has 3 saturated heterocycles. The van der Waals surface area contributed by atoms with Crippen molar-refractivity contribution in [2.45, 2.75) is 38.5 Å². The maximum absolute atomic E-state index is 12.7. The minimum atomic E-state index is -0.902. The average Bonchev–Trinajstić information content (AvgIpc) is 2.99. The molecular formula is C22H29N3O4. The van der Waals surface area contributed by atoms with Crippen molar-refractivity contribution >= 4 is 23.4 Å². The third kappa shape index (κ3) is 4.29. The van der Waals surface area contributed by atoms with E-state index in [1.165, 1.54) is 11.3 Å². The summed E-state index contributed by atoms with van der Waals surface area (Å²) in [5.74, 6) is -0.196. The number of imide groups is 1. The van der Waals surface area contributed by atoms with Gasteiger partial charge in [-0.2, -0.15) is 0 Å². The largest absolute Gasteiger partial charge is 0.378 e. The van der Waals surface area contributed by atoms with Gasteiger partial charge in [-0.3, -0.25) is 19.7 Å². The van der Waals surface area contributed by atoms with Crippen LogP contribution in [0.5, 0.6) is 0 Å². The maximum atomic E-state index is 12.7. The Morgan fingerprint density at radius 1 is 1.10 bits per heavy atom. The quantitative estimate of drug-likeness (QED) is 0.780. The van der Waals surface area contributed by atoms with Gasteiger partial charge in [0.15, 0.2) is 0 Å². The number of likely N-dealkylation sites (tertiary alicyclic amines) is 1. The van der Waals surface area contributed by atoms with E-state index in [0.717, 1.165) is 39.1 Å². The number of rotatable bonds is 4. The Labute approximate surface area is 171 Å². The van der Waals surface area contributed by atoms with Crippen LogP contribution in [0.1, 0.15) is 44.1 Å². The van der Waals surface area contributed by atoms with Crippen LogP contribution in [0.3, 0.4) is 0 Å². The predicted molar refractivity (Wildman–Crippen MR) is 109 cm³/mol. The van der Waals surface area contributed by atoms with Crippen LogP contribution in [-0.2, 0) is 19.1 Å². The van der Waals surface area contributed by atoms with E-state index in [2.05, 4.69) is 34.5 Å². The molecule has 0 aliphatic carbocycles. The number of nitrogens with zero attached hydrogens (tertiary/aromatic N) is 2. The van der Waals surface area contributed by atoms with E-state index >= 15 is 0 Å². The summed E-state index contributed by atoms with van der Waals surface area (Å²) in [6.45, 7) is 6.52. The van der Waals surface area contributed by atoms with Crippen LogP contribution >= 0.6 is 0 Å². The topological polar surface area (TPSA) is 79.0 Å². The van der Waals surface area contributed by atoms with Crippen molar-refractivity contribution in [1.82, 2.24) is 10.2 Å². The zero-order chi connectivity index (χ0) is 20.4. The van der Waals surface area contributed by atoms with Crippen molar-refractivity contribution in [3.05, 3.63) is 29.8 Å². The lowest BCUT2D eigenvalue weighted by Gasteiger charge is -2.34.